The summed E-state index contributed by atoms with van der Waals surface area (Å²) in [7, 11) is 0. The predicted molar refractivity (Wildman–Crippen MR) is 70.6 cm³/mol. The van der Waals surface area contributed by atoms with Crippen LogP contribution in [0.4, 0.5) is 0 Å². The molecule has 4 nitrogen and oxygen atoms in total. The van der Waals surface area contributed by atoms with Crippen LogP contribution in [0.15, 0.2) is 12.1 Å². The number of amides is 1. The SMILES string of the molecule is Cc1ccc(CN2C[C@H]3COC[C@@H](C2)C(=O)N3)s1. The molecule has 0 unspecified atom stereocenters. The van der Waals surface area contributed by atoms with Gasteiger partial charge in [-0.2, -0.15) is 0 Å². The van der Waals surface area contributed by atoms with E-state index >= 15 is 0 Å². The van der Waals surface area contributed by atoms with E-state index in [-0.39, 0.29) is 17.9 Å². The number of hydrogen-bond donors (Lipinski definition) is 1. The van der Waals surface area contributed by atoms with Crippen molar-refractivity contribution in [1.29, 1.82) is 0 Å². The van der Waals surface area contributed by atoms with Crippen LogP contribution >= 0.6 is 11.3 Å². The summed E-state index contributed by atoms with van der Waals surface area (Å²) in [6.07, 6.45) is 0. The van der Waals surface area contributed by atoms with Crippen LogP contribution in [0, 0.1) is 12.8 Å². The molecule has 2 aliphatic rings. The molecule has 0 saturated carbocycles. The molecule has 3 heterocycles. The topological polar surface area (TPSA) is 41.6 Å². The van der Waals surface area contributed by atoms with Gasteiger partial charge in [-0.05, 0) is 19.1 Å². The molecule has 2 fully saturated rings. The maximum absolute atomic E-state index is 11.9. The average molecular weight is 266 g/mol. The molecule has 1 amide bonds. The van der Waals surface area contributed by atoms with Gasteiger partial charge in [-0.25, -0.2) is 0 Å². The standard InChI is InChI=1S/C13H18N2O2S/c1-9-2-3-12(18-9)6-15-4-10-7-17-8-11(5-15)14-13(10)16/h2-3,10-11H,4-8H2,1H3,(H,14,16)/t10-,11+/m1/s1. The number of rotatable bonds is 2. The number of carbonyl (C=O) groups is 1. The van der Waals surface area contributed by atoms with Gasteiger partial charge in [-0.15, -0.1) is 11.3 Å². The van der Waals surface area contributed by atoms with Crippen molar-refractivity contribution in [3.63, 3.8) is 0 Å². The molecule has 18 heavy (non-hydrogen) atoms. The molecule has 0 radical (unpaired) electrons. The molecule has 0 aromatic carbocycles. The number of carbonyl (C=O) groups excluding carboxylic acids is 1. The van der Waals surface area contributed by atoms with Gasteiger partial charge in [0.05, 0.1) is 25.2 Å². The van der Waals surface area contributed by atoms with Crippen LogP contribution in [0.2, 0.25) is 0 Å². The molecule has 0 spiro atoms. The first-order valence-corrected chi connectivity index (χ1v) is 7.18. The minimum Gasteiger partial charge on any atom is -0.378 e. The number of thiophene rings is 1. The fraction of sp³-hybridized carbons (Fsp3) is 0.615. The van der Waals surface area contributed by atoms with Gasteiger partial charge in [0, 0.05) is 29.4 Å². The predicted octanol–water partition coefficient (Wildman–Crippen LogP) is 1.00. The second kappa shape index (κ2) is 4.99. The Hall–Kier alpha value is -0.910. The van der Waals surface area contributed by atoms with Crippen molar-refractivity contribution in [2.75, 3.05) is 26.3 Å². The van der Waals surface area contributed by atoms with E-state index in [0.717, 1.165) is 19.6 Å². The Bertz CT molecular complexity index is 446. The van der Waals surface area contributed by atoms with Crippen molar-refractivity contribution in [2.24, 2.45) is 5.92 Å². The molecule has 1 N–H and O–H groups in total. The zero-order valence-corrected chi connectivity index (χ0v) is 11.3. The molecule has 2 atom stereocenters. The highest BCUT2D eigenvalue weighted by Crippen LogP contribution is 2.20. The summed E-state index contributed by atoms with van der Waals surface area (Å²) in [5, 5.41) is 3.06. The first-order valence-electron chi connectivity index (χ1n) is 6.36. The van der Waals surface area contributed by atoms with E-state index in [9.17, 15) is 4.79 Å². The quantitative estimate of drug-likeness (QED) is 0.868. The normalized spacial score (nSPS) is 28.8. The van der Waals surface area contributed by atoms with Crippen molar-refractivity contribution in [3.05, 3.63) is 21.9 Å². The van der Waals surface area contributed by atoms with Crippen molar-refractivity contribution in [1.82, 2.24) is 10.2 Å². The highest BCUT2D eigenvalue weighted by molar-refractivity contribution is 7.11. The van der Waals surface area contributed by atoms with Crippen molar-refractivity contribution in [2.45, 2.75) is 19.5 Å². The zero-order chi connectivity index (χ0) is 12.5. The lowest BCUT2D eigenvalue weighted by molar-refractivity contribution is -0.125. The van der Waals surface area contributed by atoms with E-state index in [1.165, 1.54) is 9.75 Å². The minimum atomic E-state index is -0.0152. The Morgan fingerprint density at radius 3 is 3.11 bits per heavy atom. The summed E-state index contributed by atoms with van der Waals surface area (Å²) in [6, 6.07) is 4.49. The number of nitrogens with one attached hydrogen (secondary N) is 1. The summed E-state index contributed by atoms with van der Waals surface area (Å²) in [5.74, 6) is 0.140. The molecule has 98 valence electrons. The third kappa shape index (κ3) is 2.58. The number of nitrogens with zero attached hydrogens (tertiary/aromatic N) is 1. The highest BCUT2D eigenvalue weighted by Gasteiger charge is 2.33. The Morgan fingerprint density at radius 1 is 1.44 bits per heavy atom. The molecule has 0 aliphatic carbocycles. The smallest absolute Gasteiger partial charge is 0.227 e. The summed E-state index contributed by atoms with van der Waals surface area (Å²) >= 11 is 1.84. The Balaban J connectivity index is 1.72. The maximum Gasteiger partial charge on any atom is 0.227 e. The largest absolute Gasteiger partial charge is 0.378 e. The highest BCUT2D eigenvalue weighted by atomic mass is 32.1. The van der Waals surface area contributed by atoms with E-state index in [4.69, 9.17) is 4.74 Å². The average Bonchev–Trinajstić information content (AvgIpc) is 2.53. The van der Waals surface area contributed by atoms with Crippen LogP contribution in [0.5, 0.6) is 0 Å². The first-order chi connectivity index (χ1) is 8.70. The van der Waals surface area contributed by atoms with Crippen LogP contribution in [0.3, 0.4) is 0 Å². The van der Waals surface area contributed by atoms with Gasteiger partial charge >= 0.3 is 0 Å². The second-order valence-electron chi connectivity index (χ2n) is 5.15. The third-order valence-electron chi connectivity index (χ3n) is 3.49. The van der Waals surface area contributed by atoms with Crippen LogP contribution < -0.4 is 5.32 Å². The van der Waals surface area contributed by atoms with Gasteiger partial charge in [0.25, 0.3) is 0 Å². The number of aryl methyl sites for hydroxylation is 1. The third-order valence-corrected chi connectivity index (χ3v) is 4.47. The van der Waals surface area contributed by atoms with Gasteiger partial charge in [-0.1, -0.05) is 0 Å². The summed E-state index contributed by atoms with van der Waals surface area (Å²) in [4.78, 5) is 17.0. The van der Waals surface area contributed by atoms with Gasteiger partial charge in [0.15, 0.2) is 0 Å². The van der Waals surface area contributed by atoms with Crippen LogP contribution in [0.1, 0.15) is 9.75 Å². The Kier molecular flexibility index (Phi) is 3.37. The molecule has 5 heteroatoms. The first kappa shape index (κ1) is 12.1. The van der Waals surface area contributed by atoms with Crippen LogP contribution in [-0.4, -0.2) is 43.2 Å². The van der Waals surface area contributed by atoms with Gasteiger partial charge in [0.1, 0.15) is 0 Å². The Morgan fingerprint density at radius 2 is 2.33 bits per heavy atom. The minimum absolute atomic E-state index is 0.0152. The number of hydrogen-bond acceptors (Lipinski definition) is 4. The fourth-order valence-electron chi connectivity index (χ4n) is 2.64. The summed E-state index contributed by atoms with van der Waals surface area (Å²) in [5.41, 5.74) is 0. The molecule has 2 bridgehead atoms. The van der Waals surface area contributed by atoms with Gasteiger partial charge in [-0.3, -0.25) is 9.69 Å². The lowest BCUT2D eigenvalue weighted by Crippen LogP contribution is -2.41. The van der Waals surface area contributed by atoms with Crippen LogP contribution in [-0.2, 0) is 16.1 Å². The molecule has 2 aliphatic heterocycles. The zero-order valence-electron chi connectivity index (χ0n) is 10.5. The monoisotopic (exact) mass is 266 g/mol. The van der Waals surface area contributed by atoms with Crippen molar-refractivity contribution in [3.8, 4) is 0 Å². The number of fused-ring (bicyclic) bond motifs is 3. The summed E-state index contributed by atoms with van der Waals surface area (Å²) in [6.45, 7) is 5.97. The van der Waals surface area contributed by atoms with E-state index in [2.05, 4.69) is 29.3 Å². The van der Waals surface area contributed by atoms with E-state index in [0.29, 0.717) is 13.2 Å². The molecular weight excluding hydrogens is 248 g/mol. The molecule has 1 aromatic rings. The van der Waals surface area contributed by atoms with Crippen molar-refractivity contribution >= 4 is 17.2 Å². The second-order valence-corrected chi connectivity index (χ2v) is 6.52. The molecule has 1 aromatic heterocycles. The van der Waals surface area contributed by atoms with Crippen LogP contribution in [0.25, 0.3) is 0 Å². The lowest BCUT2D eigenvalue weighted by atomic mass is 10.1. The number of ether oxygens (including phenoxy) is 1. The lowest BCUT2D eigenvalue weighted by Gasteiger charge is -2.26. The molecule has 2 saturated heterocycles. The fourth-order valence-corrected chi connectivity index (χ4v) is 3.57. The van der Waals surface area contributed by atoms with Gasteiger partial charge in [0.2, 0.25) is 5.91 Å². The molecule has 3 rings (SSSR count). The van der Waals surface area contributed by atoms with Crippen molar-refractivity contribution < 1.29 is 9.53 Å². The Labute approximate surface area is 111 Å². The maximum atomic E-state index is 11.9. The van der Waals surface area contributed by atoms with E-state index in [1.54, 1.807) is 0 Å². The van der Waals surface area contributed by atoms with E-state index in [1.807, 2.05) is 11.3 Å². The van der Waals surface area contributed by atoms with Gasteiger partial charge < -0.3 is 10.1 Å². The molecular formula is C13H18N2O2S. The van der Waals surface area contributed by atoms with E-state index < -0.39 is 0 Å². The summed E-state index contributed by atoms with van der Waals surface area (Å²) < 4.78 is 5.53.